The minimum Gasteiger partial charge on any atom is -0.497 e. The van der Waals surface area contributed by atoms with Gasteiger partial charge in [0.25, 0.3) is 0 Å². The Labute approximate surface area is 161 Å². The summed E-state index contributed by atoms with van der Waals surface area (Å²) in [4.78, 5) is 29.5. The van der Waals surface area contributed by atoms with Crippen LogP contribution in [0.4, 0.5) is 0 Å². The van der Waals surface area contributed by atoms with Crippen LogP contribution >= 0.6 is 0 Å². The molecule has 2 aliphatic rings. The first-order valence-electron chi connectivity index (χ1n) is 9.87. The van der Waals surface area contributed by atoms with E-state index in [1.807, 2.05) is 34.9 Å². The number of rotatable bonds is 5. The van der Waals surface area contributed by atoms with Crippen molar-refractivity contribution in [3.63, 3.8) is 0 Å². The van der Waals surface area contributed by atoms with Gasteiger partial charge >= 0.3 is 0 Å². The largest absolute Gasteiger partial charge is 0.497 e. The lowest BCUT2D eigenvalue weighted by Crippen LogP contribution is -2.42. The second kappa shape index (κ2) is 8.63. The summed E-state index contributed by atoms with van der Waals surface area (Å²) in [5, 5.41) is 0. The number of hydrogen-bond donors (Lipinski definition) is 0. The predicted octanol–water partition coefficient (Wildman–Crippen LogP) is 2.67. The van der Waals surface area contributed by atoms with Crippen LogP contribution in [0, 0.1) is 5.92 Å². The monoisotopic (exact) mass is 374 g/mol. The lowest BCUT2D eigenvalue weighted by Gasteiger charge is -2.31. The minimum atomic E-state index is -0.236. The summed E-state index contributed by atoms with van der Waals surface area (Å²) < 4.78 is 11.0. The molecule has 0 bridgehead atoms. The van der Waals surface area contributed by atoms with Crippen LogP contribution in [-0.2, 0) is 9.59 Å². The third-order valence-corrected chi connectivity index (χ3v) is 5.80. The van der Waals surface area contributed by atoms with Gasteiger partial charge in [0.2, 0.25) is 11.8 Å². The second-order valence-corrected chi connectivity index (χ2v) is 7.36. The van der Waals surface area contributed by atoms with Crippen LogP contribution in [0.15, 0.2) is 18.2 Å². The Kier molecular flexibility index (Phi) is 6.24. The van der Waals surface area contributed by atoms with E-state index in [9.17, 15) is 9.59 Å². The Morgan fingerprint density at radius 2 is 1.78 bits per heavy atom. The molecule has 0 radical (unpaired) electrons. The van der Waals surface area contributed by atoms with Crippen molar-refractivity contribution in [1.82, 2.24) is 9.80 Å². The van der Waals surface area contributed by atoms with Gasteiger partial charge in [-0.2, -0.15) is 0 Å². The van der Waals surface area contributed by atoms with Gasteiger partial charge in [-0.15, -0.1) is 0 Å². The zero-order valence-electron chi connectivity index (χ0n) is 16.6. The quantitative estimate of drug-likeness (QED) is 0.795. The molecule has 2 atom stereocenters. The summed E-state index contributed by atoms with van der Waals surface area (Å²) in [7, 11) is 3.26. The summed E-state index contributed by atoms with van der Waals surface area (Å²) in [5.74, 6) is 1.41. The van der Waals surface area contributed by atoms with Crippen molar-refractivity contribution >= 4 is 11.8 Å². The van der Waals surface area contributed by atoms with Gasteiger partial charge < -0.3 is 19.3 Å². The van der Waals surface area contributed by atoms with Gasteiger partial charge in [0, 0.05) is 44.1 Å². The van der Waals surface area contributed by atoms with E-state index in [0.717, 1.165) is 43.0 Å². The van der Waals surface area contributed by atoms with E-state index in [1.165, 1.54) is 6.42 Å². The number of carbonyl (C=O) groups excluding carboxylic acids is 2. The van der Waals surface area contributed by atoms with Crippen LogP contribution in [0.2, 0.25) is 0 Å². The Hall–Kier alpha value is -2.24. The molecular weight excluding hydrogens is 344 g/mol. The first kappa shape index (κ1) is 19.5. The lowest BCUT2D eigenvalue weighted by molar-refractivity contribution is -0.136. The van der Waals surface area contributed by atoms with Crippen LogP contribution in [0.3, 0.4) is 0 Å². The maximum Gasteiger partial charge on any atom is 0.228 e. The Morgan fingerprint density at radius 1 is 1.04 bits per heavy atom. The predicted molar refractivity (Wildman–Crippen MR) is 103 cm³/mol. The fourth-order valence-electron chi connectivity index (χ4n) is 4.27. The van der Waals surface area contributed by atoms with Crippen LogP contribution < -0.4 is 9.47 Å². The Morgan fingerprint density at radius 3 is 2.41 bits per heavy atom. The van der Waals surface area contributed by atoms with Gasteiger partial charge in [0.05, 0.1) is 20.1 Å². The molecule has 0 unspecified atom stereocenters. The van der Waals surface area contributed by atoms with E-state index in [-0.39, 0.29) is 23.7 Å². The first-order chi connectivity index (χ1) is 13.1. The number of likely N-dealkylation sites (tertiary alicyclic amines) is 2. The standard InChI is InChI=1S/C21H30N2O4/c1-4-20(24)23-13-17(16-12-15(26-2)8-9-19(16)27-3)18(14-23)21(25)22-10-6-5-7-11-22/h8-9,12,17-18H,4-7,10-11,13-14H2,1-3H3/t17-,18-/m1/s1. The molecule has 1 aromatic carbocycles. The highest BCUT2D eigenvalue weighted by molar-refractivity contribution is 5.83. The molecule has 0 aromatic heterocycles. The van der Waals surface area contributed by atoms with E-state index in [1.54, 1.807) is 14.2 Å². The second-order valence-electron chi connectivity index (χ2n) is 7.36. The van der Waals surface area contributed by atoms with Crippen molar-refractivity contribution in [3.05, 3.63) is 23.8 Å². The average Bonchev–Trinajstić information content (AvgIpc) is 3.18. The molecule has 27 heavy (non-hydrogen) atoms. The van der Waals surface area contributed by atoms with Gasteiger partial charge in [-0.1, -0.05) is 6.92 Å². The summed E-state index contributed by atoms with van der Waals surface area (Å²) in [6, 6.07) is 5.68. The van der Waals surface area contributed by atoms with Crippen molar-refractivity contribution in [2.45, 2.75) is 38.5 Å². The van der Waals surface area contributed by atoms with Crippen molar-refractivity contribution in [2.75, 3.05) is 40.4 Å². The molecule has 1 aromatic rings. The normalized spacial score (nSPS) is 22.6. The molecule has 2 saturated heterocycles. The van der Waals surface area contributed by atoms with Crippen LogP contribution in [0.1, 0.15) is 44.1 Å². The molecule has 6 nitrogen and oxygen atoms in total. The average molecular weight is 374 g/mol. The first-order valence-corrected chi connectivity index (χ1v) is 9.87. The zero-order valence-corrected chi connectivity index (χ0v) is 16.6. The summed E-state index contributed by atoms with van der Waals surface area (Å²) in [6.45, 7) is 4.52. The zero-order chi connectivity index (χ0) is 19.4. The highest BCUT2D eigenvalue weighted by Crippen LogP contribution is 2.40. The number of piperidine rings is 1. The maximum absolute atomic E-state index is 13.3. The maximum atomic E-state index is 13.3. The number of carbonyl (C=O) groups is 2. The van der Waals surface area contributed by atoms with E-state index < -0.39 is 0 Å². The smallest absolute Gasteiger partial charge is 0.228 e. The molecule has 0 saturated carbocycles. The highest BCUT2D eigenvalue weighted by Gasteiger charge is 2.43. The van der Waals surface area contributed by atoms with Crippen LogP contribution in [0.5, 0.6) is 11.5 Å². The number of amides is 2. The summed E-state index contributed by atoms with van der Waals surface area (Å²) in [6.07, 6.45) is 3.75. The van der Waals surface area contributed by atoms with Crippen molar-refractivity contribution in [2.24, 2.45) is 5.92 Å². The molecule has 6 heteroatoms. The topological polar surface area (TPSA) is 59.1 Å². The summed E-state index contributed by atoms with van der Waals surface area (Å²) in [5.41, 5.74) is 0.943. The summed E-state index contributed by atoms with van der Waals surface area (Å²) >= 11 is 0. The van der Waals surface area contributed by atoms with Crippen LogP contribution in [-0.4, -0.2) is 62.0 Å². The van der Waals surface area contributed by atoms with Gasteiger partial charge in [0.1, 0.15) is 11.5 Å². The van der Waals surface area contributed by atoms with E-state index in [4.69, 9.17) is 9.47 Å². The van der Waals surface area contributed by atoms with E-state index >= 15 is 0 Å². The highest BCUT2D eigenvalue weighted by atomic mass is 16.5. The van der Waals surface area contributed by atoms with Gasteiger partial charge in [0.15, 0.2) is 0 Å². The number of nitrogens with zero attached hydrogens (tertiary/aromatic N) is 2. The molecule has 148 valence electrons. The van der Waals surface area contributed by atoms with Crippen molar-refractivity contribution < 1.29 is 19.1 Å². The molecule has 3 rings (SSSR count). The molecule has 2 aliphatic heterocycles. The molecule has 2 heterocycles. The Bertz CT molecular complexity index is 685. The molecule has 0 spiro atoms. The third kappa shape index (κ3) is 4.04. The van der Waals surface area contributed by atoms with Gasteiger partial charge in [-0.3, -0.25) is 9.59 Å². The molecule has 0 aliphatic carbocycles. The SMILES string of the molecule is CCC(=O)N1C[C@H](c2cc(OC)ccc2OC)[C@H](C(=O)N2CCCCC2)C1. The van der Waals surface area contributed by atoms with Crippen molar-refractivity contribution in [1.29, 1.82) is 0 Å². The number of methoxy groups -OCH3 is 2. The molecular formula is C21H30N2O4. The minimum absolute atomic E-state index is 0.0834. The van der Waals surface area contributed by atoms with E-state index in [0.29, 0.717) is 19.5 Å². The lowest BCUT2D eigenvalue weighted by atomic mass is 9.86. The fourth-order valence-corrected chi connectivity index (χ4v) is 4.27. The number of ether oxygens (including phenoxy) is 2. The number of benzene rings is 1. The molecule has 2 amide bonds. The van der Waals surface area contributed by atoms with Crippen molar-refractivity contribution in [3.8, 4) is 11.5 Å². The molecule has 0 N–H and O–H groups in total. The fraction of sp³-hybridized carbons (Fsp3) is 0.619. The number of hydrogen-bond acceptors (Lipinski definition) is 4. The Balaban J connectivity index is 1.94. The van der Waals surface area contributed by atoms with Gasteiger partial charge in [-0.25, -0.2) is 0 Å². The van der Waals surface area contributed by atoms with E-state index in [2.05, 4.69) is 0 Å². The van der Waals surface area contributed by atoms with Crippen LogP contribution in [0.25, 0.3) is 0 Å². The molecule has 2 fully saturated rings. The third-order valence-electron chi connectivity index (χ3n) is 5.80. The van der Waals surface area contributed by atoms with Gasteiger partial charge in [-0.05, 0) is 37.5 Å².